The van der Waals surface area contributed by atoms with Crippen molar-refractivity contribution in [2.45, 2.75) is 5.75 Å². The highest BCUT2D eigenvalue weighted by molar-refractivity contribution is 7.78. The second-order valence-corrected chi connectivity index (χ2v) is 4.07. The molecule has 0 aromatic heterocycles. The highest BCUT2D eigenvalue weighted by Gasteiger charge is 2.06. The van der Waals surface area contributed by atoms with Gasteiger partial charge in [0.1, 0.15) is 0 Å². The van der Waals surface area contributed by atoms with Gasteiger partial charge in [0.15, 0.2) is 5.75 Å². The van der Waals surface area contributed by atoms with Crippen LogP contribution in [0.1, 0.15) is 5.56 Å². The van der Waals surface area contributed by atoms with E-state index in [1.807, 2.05) is 0 Å². The number of halogens is 2. The van der Waals surface area contributed by atoms with Crippen LogP contribution >= 0.6 is 23.2 Å². The molecule has 0 radical (unpaired) electrons. The molecular formula is C7H5Cl2O3S-. The zero-order valence-electron chi connectivity index (χ0n) is 6.29. The van der Waals surface area contributed by atoms with Crippen molar-refractivity contribution in [3.05, 3.63) is 27.7 Å². The van der Waals surface area contributed by atoms with E-state index < -0.39 is 11.1 Å². The summed E-state index contributed by atoms with van der Waals surface area (Å²) < 4.78 is 20.7. The predicted octanol–water partition coefficient (Wildman–Crippen LogP) is 2.08. The molecule has 0 fully saturated rings. The molecule has 72 valence electrons. The van der Waals surface area contributed by atoms with Gasteiger partial charge in [-0.2, -0.15) is 0 Å². The van der Waals surface area contributed by atoms with Crippen molar-refractivity contribution in [1.29, 1.82) is 0 Å². The molecule has 0 bridgehead atoms. The Balaban J connectivity index is 3.06. The molecule has 1 unspecified atom stereocenters. The molecule has 3 nitrogen and oxygen atoms in total. The number of benzene rings is 1. The lowest BCUT2D eigenvalue weighted by molar-refractivity contribution is 0.475. The number of hydrogen-bond acceptors (Lipinski definition) is 3. The lowest BCUT2D eigenvalue weighted by Gasteiger charge is -2.07. The zero-order chi connectivity index (χ0) is 10.0. The third kappa shape index (κ3) is 2.84. The van der Waals surface area contributed by atoms with Crippen molar-refractivity contribution in [3.8, 4) is 5.75 Å². The van der Waals surface area contributed by atoms with Crippen LogP contribution < -0.4 is 0 Å². The summed E-state index contributed by atoms with van der Waals surface area (Å²) in [6, 6.07) is 2.72. The van der Waals surface area contributed by atoms with Crippen LogP contribution in [0.3, 0.4) is 0 Å². The maximum absolute atomic E-state index is 10.3. The zero-order valence-corrected chi connectivity index (χ0v) is 8.62. The van der Waals surface area contributed by atoms with Crippen LogP contribution in [0.25, 0.3) is 0 Å². The largest absolute Gasteiger partial charge is 0.772 e. The number of phenolic OH excluding ortho intramolecular Hbond substituents is 1. The summed E-state index contributed by atoms with van der Waals surface area (Å²) in [5.41, 5.74) is 0.445. The van der Waals surface area contributed by atoms with Crippen molar-refractivity contribution in [2.24, 2.45) is 0 Å². The standard InChI is InChI=1S/C7H6Cl2O3S/c8-5-1-4(3-13(11)12)2-6(9)7(5)10/h1-2,10H,3H2,(H,11,12)/p-1. The van der Waals surface area contributed by atoms with Crippen molar-refractivity contribution >= 4 is 34.3 Å². The van der Waals surface area contributed by atoms with E-state index in [9.17, 15) is 8.76 Å². The molecule has 1 N–H and O–H groups in total. The van der Waals surface area contributed by atoms with Gasteiger partial charge in [-0.15, -0.1) is 0 Å². The van der Waals surface area contributed by atoms with Gasteiger partial charge in [0.2, 0.25) is 0 Å². The number of rotatable bonds is 2. The van der Waals surface area contributed by atoms with Crippen LogP contribution in [-0.2, 0) is 16.8 Å². The molecular weight excluding hydrogens is 235 g/mol. The Morgan fingerprint density at radius 2 is 1.85 bits per heavy atom. The third-order valence-electron chi connectivity index (χ3n) is 1.36. The fourth-order valence-corrected chi connectivity index (χ4v) is 1.81. The van der Waals surface area contributed by atoms with Crippen LogP contribution in [0.4, 0.5) is 0 Å². The highest BCUT2D eigenvalue weighted by Crippen LogP contribution is 2.32. The van der Waals surface area contributed by atoms with Crippen LogP contribution in [-0.4, -0.2) is 13.9 Å². The Morgan fingerprint density at radius 1 is 1.38 bits per heavy atom. The Morgan fingerprint density at radius 3 is 2.23 bits per heavy atom. The van der Waals surface area contributed by atoms with E-state index >= 15 is 0 Å². The average Bonchev–Trinajstić information content (AvgIpc) is 1.98. The maximum Gasteiger partial charge on any atom is 0.152 e. The van der Waals surface area contributed by atoms with Crippen molar-refractivity contribution < 1.29 is 13.9 Å². The fourth-order valence-electron chi connectivity index (χ4n) is 0.837. The van der Waals surface area contributed by atoms with Gasteiger partial charge < -0.3 is 9.66 Å². The molecule has 1 aromatic carbocycles. The van der Waals surface area contributed by atoms with Crippen LogP contribution in [0.15, 0.2) is 12.1 Å². The van der Waals surface area contributed by atoms with Crippen molar-refractivity contribution in [1.82, 2.24) is 0 Å². The first-order valence-electron chi connectivity index (χ1n) is 3.23. The number of hydrogen-bond donors (Lipinski definition) is 1. The Labute approximate surface area is 87.6 Å². The molecule has 0 aliphatic rings. The van der Waals surface area contributed by atoms with Crippen LogP contribution in [0.5, 0.6) is 5.75 Å². The van der Waals surface area contributed by atoms with Crippen molar-refractivity contribution in [2.75, 3.05) is 0 Å². The molecule has 0 amide bonds. The summed E-state index contributed by atoms with van der Waals surface area (Å²) in [5.74, 6) is -0.400. The van der Waals surface area contributed by atoms with E-state index in [2.05, 4.69) is 0 Å². The molecule has 6 heteroatoms. The molecule has 0 aliphatic heterocycles. The molecule has 0 saturated carbocycles. The van der Waals surface area contributed by atoms with Gasteiger partial charge in [0.25, 0.3) is 0 Å². The topological polar surface area (TPSA) is 60.4 Å². The fraction of sp³-hybridized carbons (Fsp3) is 0.143. The van der Waals surface area contributed by atoms with E-state index in [4.69, 9.17) is 28.3 Å². The summed E-state index contributed by atoms with van der Waals surface area (Å²) in [6.07, 6.45) is 0. The summed E-state index contributed by atoms with van der Waals surface area (Å²) >= 11 is 8.95. The van der Waals surface area contributed by atoms with Crippen LogP contribution in [0, 0.1) is 0 Å². The molecule has 0 aliphatic carbocycles. The van der Waals surface area contributed by atoms with E-state index in [1.165, 1.54) is 12.1 Å². The van der Waals surface area contributed by atoms with Gasteiger partial charge in [-0.1, -0.05) is 34.3 Å². The predicted molar refractivity (Wildman–Crippen MR) is 50.8 cm³/mol. The lowest BCUT2D eigenvalue weighted by atomic mass is 10.2. The van der Waals surface area contributed by atoms with E-state index in [0.717, 1.165) is 0 Å². The monoisotopic (exact) mass is 239 g/mol. The Kier molecular flexibility index (Phi) is 3.55. The normalized spacial score (nSPS) is 12.8. The molecule has 0 saturated heterocycles. The van der Waals surface area contributed by atoms with E-state index in [1.54, 1.807) is 0 Å². The first kappa shape index (κ1) is 10.8. The highest BCUT2D eigenvalue weighted by atomic mass is 35.5. The van der Waals surface area contributed by atoms with Crippen LogP contribution in [0.2, 0.25) is 10.0 Å². The maximum atomic E-state index is 10.3. The quantitative estimate of drug-likeness (QED) is 0.805. The molecule has 1 aromatic rings. The second-order valence-electron chi connectivity index (χ2n) is 2.36. The Bertz CT molecular complexity index is 331. The van der Waals surface area contributed by atoms with Gasteiger partial charge in [0, 0.05) is 5.75 Å². The first-order valence-corrected chi connectivity index (χ1v) is 5.23. The second kappa shape index (κ2) is 4.28. The first-order chi connectivity index (χ1) is 6.00. The van der Waals surface area contributed by atoms with Gasteiger partial charge in [-0.25, -0.2) is 0 Å². The molecule has 13 heavy (non-hydrogen) atoms. The summed E-state index contributed by atoms with van der Waals surface area (Å²) in [5, 5.41) is 9.25. The number of aromatic hydroxyl groups is 1. The summed E-state index contributed by atoms with van der Waals surface area (Å²) in [6.45, 7) is 0. The van der Waals surface area contributed by atoms with Gasteiger partial charge in [-0.05, 0) is 17.7 Å². The average molecular weight is 240 g/mol. The van der Waals surface area contributed by atoms with E-state index in [-0.39, 0.29) is 21.5 Å². The summed E-state index contributed by atoms with van der Waals surface area (Å²) in [4.78, 5) is 0. The minimum atomic E-state index is -2.19. The minimum Gasteiger partial charge on any atom is -0.772 e. The minimum absolute atomic E-state index is 0.0490. The van der Waals surface area contributed by atoms with E-state index in [0.29, 0.717) is 5.56 Å². The molecule has 1 atom stereocenters. The Hall–Kier alpha value is -0.290. The van der Waals surface area contributed by atoms with Crippen molar-refractivity contribution in [3.63, 3.8) is 0 Å². The lowest BCUT2D eigenvalue weighted by Crippen LogP contribution is -1.93. The molecule has 0 heterocycles. The molecule has 0 spiro atoms. The summed E-state index contributed by atoms with van der Waals surface area (Å²) in [7, 11) is 0. The SMILES string of the molecule is O=S([O-])Cc1cc(Cl)c(O)c(Cl)c1. The van der Waals surface area contributed by atoms with Gasteiger partial charge >= 0.3 is 0 Å². The number of phenols is 1. The van der Waals surface area contributed by atoms with Gasteiger partial charge in [0.05, 0.1) is 10.0 Å². The smallest absolute Gasteiger partial charge is 0.152 e. The van der Waals surface area contributed by atoms with Gasteiger partial charge in [-0.3, -0.25) is 4.21 Å². The third-order valence-corrected chi connectivity index (χ3v) is 2.51. The molecule has 1 rings (SSSR count).